The topological polar surface area (TPSA) is 25.2 Å². The summed E-state index contributed by atoms with van der Waals surface area (Å²) in [6.07, 6.45) is 1.12. The lowest BCUT2D eigenvalue weighted by Crippen LogP contribution is -2.15. The van der Waals surface area contributed by atoms with Crippen molar-refractivity contribution < 1.29 is 4.42 Å². The summed E-state index contributed by atoms with van der Waals surface area (Å²) in [7, 11) is 0. The van der Waals surface area contributed by atoms with Crippen molar-refractivity contribution in [1.82, 2.24) is 5.32 Å². The summed E-state index contributed by atoms with van der Waals surface area (Å²) in [5, 5.41) is 4.54. The molecular formula is C14H19NO. The Morgan fingerprint density at radius 1 is 1.31 bits per heavy atom. The fourth-order valence-electron chi connectivity index (χ4n) is 1.88. The molecule has 16 heavy (non-hydrogen) atoms. The van der Waals surface area contributed by atoms with E-state index in [2.05, 4.69) is 31.3 Å². The molecule has 1 atom stereocenters. The van der Waals surface area contributed by atoms with Gasteiger partial charge in [0.15, 0.2) is 0 Å². The molecular weight excluding hydrogens is 198 g/mol. The summed E-state index contributed by atoms with van der Waals surface area (Å²) in [6.45, 7) is 6.43. The SMILES string of the molecule is CCNCCC(C)c1cc2ccccc2o1. The highest BCUT2D eigenvalue weighted by Gasteiger charge is 2.10. The van der Waals surface area contributed by atoms with Gasteiger partial charge in [-0.15, -0.1) is 0 Å². The van der Waals surface area contributed by atoms with E-state index in [0.717, 1.165) is 30.9 Å². The van der Waals surface area contributed by atoms with Gasteiger partial charge in [-0.05, 0) is 31.6 Å². The first-order chi connectivity index (χ1) is 7.81. The Bertz CT molecular complexity index is 414. The molecule has 0 fully saturated rings. The van der Waals surface area contributed by atoms with Gasteiger partial charge in [0, 0.05) is 11.3 Å². The Hall–Kier alpha value is -1.28. The van der Waals surface area contributed by atoms with Crippen molar-refractivity contribution >= 4 is 11.0 Å². The van der Waals surface area contributed by atoms with Gasteiger partial charge in [0.05, 0.1) is 0 Å². The van der Waals surface area contributed by atoms with Crippen molar-refractivity contribution in [2.75, 3.05) is 13.1 Å². The van der Waals surface area contributed by atoms with Crippen molar-refractivity contribution in [1.29, 1.82) is 0 Å². The molecule has 2 rings (SSSR count). The van der Waals surface area contributed by atoms with Crippen LogP contribution in [0.3, 0.4) is 0 Å². The summed E-state index contributed by atoms with van der Waals surface area (Å²) in [5.41, 5.74) is 0.993. The third-order valence-corrected chi connectivity index (χ3v) is 2.93. The Kier molecular flexibility index (Phi) is 3.62. The first-order valence-electron chi connectivity index (χ1n) is 6.00. The van der Waals surface area contributed by atoms with Crippen molar-refractivity contribution in [3.05, 3.63) is 36.1 Å². The smallest absolute Gasteiger partial charge is 0.134 e. The predicted octanol–water partition coefficient (Wildman–Crippen LogP) is 3.54. The Labute approximate surface area is 96.6 Å². The van der Waals surface area contributed by atoms with Crippen LogP contribution in [0, 0.1) is 0 Å². The van der Waals surface area contributed by atoms with Crippen LogP contribution < -0.4 is 5.32 Å². The third-order valence-electron chi connectivity index (χ3n) is 2.93. The van der Waals surface area contributed by atoms with Crippen LogP contribution in [-0.4, -0.2) is 13.1 Å². The number of para-hydroxylation sites is 1. The van der Waals surface area contributed by atoms with Crippen LogP contribution in [0.1, 0.15) is 31.9 Å². The minimum atomic E-state index is 0.478. The van der Waals surface area contributed by atoms with Gasteiger partial charge in [0.25, 0.3) is 0 Å². The van der Waals surface area contributed by atoms with Crippen LogP contribution in [-0.2, 0) is 0 Å². The summed E-state index contributed by atoms with van der Waals surface area (Å²) in [5.74, 6) is 1.57. The molecule has 0 saturated heterocycles. The van der Waals surface area contributed by atoms with Crippen LogP contribution in [0.2, 0.25) is 0 Å². The fraction of sp³-hybridized carbons (Fsp3) is 0.429. The molecule has 0 aliphatic rings. The Morgan fingerprint density at radius 2 is 2.12 bits per heavy atom. The Morgan fingerprint density at radius 3 is 2.88 bits per heavy atom. The number of rotatable bonds is 5. The number of hydrogen-bond acceptors (Lipinski definition) is 2. The van der Waals surface area contributed by atoms with Crippen LogP contribution >= 0.6 is 0 Å². The van der Waals surface area contributed by atoms with Crippen molar-refractivity contribution in [2.45, 2.75) is 26.2 Å². The van der Waals surface area contributed by atoms with Crippen LogP contribution in [0.5, 0.6) is 0 Å². The van der Waals surface area contributed by atoms with E-state index in [1.54, 1.807) is 0 Å². The zero-order chi connectivity index (χ0) is 11.4. The van der Waals surface area contributed by atoms with Crippen molar-refractivity contribution in [3.63, 3.8) is 0 Å². The van der Waals surface area contributed by atoms with Gasteiger partial charge in [0.2, 0.25) is 0 Å². The lowest BCUT2D eigenvalue weighted by molar-refractivity contribution is 0.480. The summed E-state index contributed by atoms with van der Waals surface area (Å²) < 4.78 is 5.83. The van der Waals surface area contributed by atoms with E-state index < -0.39 is 0 Å². The molecule has 2 heteroatoms. The van der Waals surface area contributed by atoms with Gasteiger partial charge in [-0.3, -0.25) is 0 Å². The minimum absolute atomic E-state index is 0.478. The number of nitrogens with one attached hydrogen (secondary N) is 1. The molecule has 1 N–H and O–H groups in total. The molecule has 1 aromatic carbocycles. The van der Waals surface area contributed by atoms with E-state index >= 15 is 0 Å². The van der Waals surface area contributed by atoms with Crippen LogP contribution in [0.25, 0.3) is 11.0 Å². The number of benzene rings is 1. The highest BCUT2D eigenvalue weighted by atomic mass is 16.3. The molecule has 0 amide bonds. The normalized spacial score (nSPS) is 13.1. The zero-order valence-electron chi connectivity index (χ0n) is 9.99. The molecule has 0 radical (unpaired) electrons. The molecule has 2 nitrogen and oxygen atoms in total. The van der Waals surface area contributed by atoms with E-state index in [-0.39, 0.29) is 0 Å². The molecule has 0 aliphatic heterocycles. The van der Waals surface area contributed by atoms with E-state index in [1.165, 1.54) is 5.39 Å². The highest BCUT2D eigenvalue weighted by molar-refractivity contribution is 5.77. The first-order valence-corrected chi connectivity index (χ1v) is 6.00. The minimum Gasteiger partial charge on any atom is -0.461 e. The number of furan rings is 1. The van der Waals surface area contributed by atoms with Gasteiger partial charge in [-0.25, -0.2) is 0 Å². The van der Waals surface area contributed by atoms with Crippen molar-refractivity contribution in [2.24, 2.45) is 0 Å². The number of fused-ring (bicyclic) bond motifs is 1. The maximum atomic E-state index is 5.83. The molecule has 2 aromatic rings. The average molecular weight is 217 g/mol. The van der Waals surface area contributed by atoms with Gasteiger partial charge < -0.3 is 9.73 Å². The second kappa shape index (κ2) is 5.17. The van der Waals surface area contributed by atoms with E-state index in [9.17, 15) is 0 Å². The molecule has 0 aliphatic carbocycles. The molecule has 1 heterocycles. The first kappa shape index (κ1) is 11.2. The maximum absolute atomic E-state index is 5.83. The molecule has 0 spiro atoms. The molecule has 86 valence electrons. The standard InChI is InChI=1S/C14H19NO/c1-3-15-9-8-11(2)14-10-12-6-4-5-7-13(12)16-14/h4-7,10-11,15H,3,8-9H2,1-2H3. The highest BCUT2D eigenvalue weighted by Crippen LogP contribution is 2.26. The zero-order valence-corrected chi connectivity index (χ0v) is 9.99. The monoisotopic (exact) mass is 217 g/mol. The second-order valence-electron chi connectivity index (χ2n) is 4.23. The predicted molar refractivity (Wildman–Crippen MR) is 67.8 cm³/mol. The van der Waals surface area contributed by atoms with E-state index in [1.807, 2.05) is 18.2 Å². The Balaban J connectivity index is 2.07. The molecule has 1 aromatic heterocycles. The van der Waals surface area contributed by atoms with Gasteiger partial charge in [-0.1, -0.05) is 32.0 Å². The largest absolute Gasteiger partial charge is 0.461 e. The van der Waals surface area contributed by atoms with Gasteiger partial charge in [0.1, 0.15) is 11.3 Å². The summed E-state index contributed by atoms with van der Waals surface area (Å²) in [6, 6.07) is 10.3. The van der Waals surface area contributed by atoms with Gasteiger partial charge in [-0.2, -0.15) is 0 Å². The molecule has 1 unspecified atom stereocenters. The van der Waals surface area contributed by atoms with E-state index in [0.29, 0.717) is 5.92 Å². The number of hydrogen-bond donors (Lipinski definition) is 1. The summed E-state index contributed by atoms with van der Waals surface area (Å²) >= 11 is 0. The second-order valence-corrected chi connectivity index (χ2v) is 4.23. The quantitative estimate of drug-likeness (QED) is 0.775. The third kappa shape index (κ3) is 2.45. The average Bonchev–Trinajstić information content (AvgIpc) is 2.73. The maximum Gasteiger partial charge on any atom is 0.134 e. The van der Waals surface area contributed by atoms with Crippen LogP contribution in [0.4, 0.5) is 0 Å². The lowest BCUT2D eigenvalue weighted by Gasteiger charge is -2.07. The van der Waals surface area contributed by atoms with E-state index in [4.69, 9.17) is 4.42 Å². The summed E-state index contributed by atoms with van der Waals surface area (Å²) in [4.78, 5) is 0. The lowest BCUT2D eigenvalue weighted by atomic mass is 10.0. The van der Waals surface area contributed by atoms with Gasteiger partial charge >= 0.3 is 0 Å². The fourth-order valence-corrected chi connectivity index (χ4v) is 1.88. The molecule has 0 bridgehead atoms. The van der Waals surface area contributed by atoms with Crippen LogP contribution in [0.15, 0.2) is 34.7 Å². The molecule has 0 saturated carbocycles. The van der Waals surface area contributed by atoms with Crippen molar-refractivity contribution in [3.8, 4) is 0 Å².